The van der Waals surface area contributed by atoms with Crippen molar-refractivity contribution in [1.29, 1.82) is 0 Å². The molecule has 0 spiro atoms. The third-order valence-corrected chi connectivity index (χ3v) is 2.69. The van der Waals surface area contributed by atoms with E-state index in [1.54, 1.807) is 0 Å². The maximum absolute atomic E-state index is 11.6. The van der Waals surface area contributed by atoms with Crippen LogP contribution >= 0.6 is 0 Å². The minimum Gasteiger partial charge on any atom is -0.481 e. The molecule has 0 heterocycles. The molecular weight excluding hydrogens is 264 g/mol. The molecule has 2 atom stereocenters. The Morgan fingerprint density at radius 1 is 1.05 bits per heavy atom. The van der Waals surface area contributed by atoms with Gasteiger partial charge in [0.25, 0.3) is 0 Å². The molecule has 0 radical (unpaired) electrons. The Morgan fingerprint density at radius 3 is 2.10 bits per heavy atom. The quantitative estimate of drug-likeness (QED) is 0.512. The molecule has 0 saturated carbocycles. The van der Waals surface area contributed by atoms with E-state index in [0.717, 1.165) is 6.42 Å². The standard InChI is InChI=1S/C13H24N2O5/c1-8(2)7-9(3)14-13(20)15-10(12(18)19)5-4-6-11(16)17/h8-10H,4-7H2,1-3H3,(H,16,17)(H,18,19)(H2,14,15,20)/t9?,10-/m1/s1. The van der Waals surface area contributed by atoms with Crippen molar-refractivity contribution in [2.45, 2.75) is 58.5 Å². The van der Waals surface area contributed by atoms with E-state index in [1.807, 2.05) is 20.8 Å². The fourth-order valence-corrected chi connectivity index (χ4v) is 1.90. The summed E-state index contributed by atoms with van der Waals surface area (Å²) in [5.41, 5.74) is 0. The molecule has 0 aromatic rings. The van der Waals surface area contributed by atoms with Crippen LogP contribution in [0, 0.1) is 5.92 Å². The van der Waals surface area contributed by atoms with Gasteiger partial charge < -0.3 is 20.8 Å². The normalized spacial score (nSPS) is 13.6. The molecule has 20 heavy (non-hydrogen) atoms. The highest BCUT2D eigenvalue weighted by Gasteiger charge is 2.20. The summed E-state index contributed by atoms with van der Waals surface area (Å²) in [5.74, 6) is -1.72. The molecule has 116 valence electrons. The second kappa shape index (κ2) is 9.17. The van der Waals surface area contributed by atoms with Crippen molar-refractivity contribution in [2.24, 2.45) is 5.92 Å². The molecule has 0 bridgehead atoms. The van der Waals surface area contributed by atoms with Gasteiger partial charge in [0.05, 0.1) is 0 Å². The molecule has 0 aliphatic rings. The van der Waals surface area contributed by atoms with Crippen LogP contribution in [0.5, 0.6) is 0 Å². The predicted octanol–water partition coefficient (Wildman–Crippen LogP) is 1.43. The Labute approximate surface area is 118 Å². The van der Waals surface area contributed by atoms with Crippen LogP contribution in [0.25, 0.3) is 0 Å². The minimum absolute atomic E-state index is 0.0523. The lowest BCUT2D eigenvalue weighted by Crippen LogP contribution is -2.48. The van der Waals surface area contributed by atoms with Gasteiger partial charge in [-0.1, -0.05) is 13.8 Å². The van der Waals surface area contributed by atoms with Crippen LogP contribution < -0.4 is 10.6 Å². The highest BCUT2D eigenvalue weighted by molar-refractivity contribution is 5.82. The Hall–Kier alpha value is -1.79. The van der Waals surface area contributed by atoms with Crippen molar-refractivity contribution in [3.63, 3.8) is 0 Å². The van der Waals surface area contributed by atoms with Crippen LogP contribution in [0.1, 0.15) is 46.5 Å². The van der Waals surface area contributed by atoms with Gasteiger partial charge in [0.2, 0.25) is 0 Å². The van der Waals surface area contributed by atoms with Gasteiger partial charge in [-0.3, -0.25) is 4.79 Å². The van der Waals surface area contributed by atoms with Gasteiger partial charge in [0.15, 0.2) is 0 Å². The number of urea groups is 1. The number of carbonyl (C=O) groups excluding carboxylic acids is 1. The maximum atomic E-state index is 11.6. The summed E-state index contributed by atoms with van der Waals surface area (Å²) in [4.78, 5) is 33.0. The van der Waals surface area contributed by atoms with Crippen molar-refractivity contribution in [3.05, 3.63) is 0 Å². The van der Waals surface area contributed by atoms with Crippen LogP contribution in [-0.2, 0) is 9.59 Å². The number of rotatable bonds is 9. The molecule has 0 rings (SSSR count). The third-order valence-electron chi connectivity index (χ3n) is 2.69. The van der Waals surface area contributed by atoms with Gasteiger partial charge >= 0.3 is 18.0 Å². The zero-order valence-electron chi connectivity index (χ0n) is 12.2. The molecule has 4 N–H and O–H groups in total. The Kier molecular flexibility index (Phi) is 8.35. The van der Waals surface area contributed by atoms with Crippen LogP contribution in [-0.4, -0.2) is 40.3 Å². The van der Waals surface area contributed by atoms with Gasteiger partial charge in [-0.15, -0.1) is 0 Å². The maximum Gasteiger partial charge on any atom is 0.326 e. The second-order valence-electron chi connectivity index (χ2n) is 5.33. The van der Waals surface area contributed by atoms with Gasteiger partial charge in [-0.2, -0.15) is 0 Å². The number of carboxylic acids is 2. The predicted molar refractivity (Wildman–Crippen MR) is 73.5 cm³/mol. The highest BCUT2D eigenvalue weighted by atomic mass is 16.4. The first-order valence-corrected chi connectivity index (χ1v) is 6.74. The number of aliphatic carboxylic acids is 2. The molecule has 0 saturated heterocycles. The van der Waals surface area contributed by atoms with Crippen molar-refractivity contribution < 1.29 is 24.6 Å². The van der Waals surface area contributed by atoms with E-state index in [2.05, 4.69) is 10.6 Å². The Bertz CT molecular complexity index is 344. The van der Waals surface area contributed by atoms with Crippen molar-refractivity contribution in [3.8, 4) is 0 Å². The zero-order chi connectivity index (χ0) is 15.7. The lowest BCUT2D eigenvalue weighted by molar-refractivity contribution is -0.140. The molecular formula is C13H24N2O5. The van der Waals surface area contributed by atoms with Crippen molar-refractivity contribution in [2.75, 3.05) is 0 Å². The lowest BCUT2D eigenvalue weighted by atomic mass is 10.1. The summed E-state index contributed by atoms with van der Waals surface area (Å²) in [7, 11) is 0. The Morgan fingerprint density at radius 2 is 1.65 bits per heavy atom. The van der Waals surface area contributed by atoms with Gasteiger partial charge in [0, 0.05) is 12.5 Å². The molecule has 7 heteroatoms. The molecule has 0 aliphatic heterocycles. The van der Waals surface area contributed by atoms with Crippen molar-refractivity contribution >= 4 is 18.0 Å². The number of amides is 2. The summed E-state index contributed by atoms with van der Waals surface area (Å²) in [6.45, 7) is 5.91. The largest absolute Gasteiger partial charge is 0.481 e. The summed E-state index contributed by atoms with van der Waals surface area (Å²) in [6.07, 6.45) is 0.975. The summed E-state index contributed by atoms with van der Waals surface area (Å²) in [6, 6.07) is -1.66. The van der Waals surface area contributed by atoms with Crippen LogP contribution in [0.3, 0.4) is 0 Å². The monoisotopic (exact) mass is 288 g/mol. The van der Waals surface area contributed by atoms with E-state index in [4.69, 9.17) is 10.2 Å². The molecule has 0 aromatic heterocycles. The summed E-state index contributed by atoms with van der Waals surface area (Å²) in [5, 5.41) is 22.5. The van der Waals surface area contributed by atoms with E-state index < -0.39 is 24.0 Å². The van der Waals surface area contributed by atoms with E-state index >= 15 is 0 Å². The number of nitrogens with one attached hydrogen (secondary N) is 2. The molecule has 0 aromatic carbocycles. The van der Waals surface area contributed by atoms with Crippen LogP contribution in [0.2, 0.25) is 0 Å². The molecule has 0 aliphatic carbocycles. The smallest absolute Gasteiger partial charge is 0.326 e. The lowest BCUT2D eigenvalue weighted by Gasteiger charge is -2.19. The number of carboxylic acid groups (broad SMARTS) is 2. The zero-order valence-corrected chi connectivity index (χ0v) is 12.2. The summed E-state index contributed by atoms with van der Waals surface area (Å²) >= 11 is 0. The summed E-state index contributed by atoms with van der Waals surface area (Å²) < 4.78 is 0. The first kappa shape index (κ1) is 18.2. The van der Waals surface area contributed by atoms with E-state index in [0.29, 0.717) is 5.92 Å². The van der Waals surface area contributed by atoms with E-state index in [-0.39, 0.29) is 25.3 Å². The highest BCUT2D eigenvalue weighted by Crippen LogP contribution is 2.04. The topological polar surface area (TPSA) is 116 Å². The SMILES string of the molecule is CC(C)CC(C)NC(=O)N[C@H](CCCC(=O)O)C(=O)O. The average Bonchev–Trinajstić information content (AvgIpc) is 2.25. The van der Waals surface area contributed by atoms with E-state index in [9.17, 15) is 14.4 Å². The number of carbonyl (C=O) groups is 3. The first-order valence-electron chi connectivity index (χ1n) is 6.74. The molecule has 2 amide bonds. The third kappa shape index (κ3) is 9.18. The fraction of sp³-hybridized carbons (Fsp3) is 0.769. The molecule has 7 nitrogen and oxygen atoms in total. The fourth-order valence-electron chi connectivity index (χ4n) is 1.90. The Balaban J connectivity index is 4.20. The number of hydrogen-bond acceptors (Lipinski definition) is 3. The van der Waals surface area contributed by atoms with E-state index in [1.165, 1.54) is 0 Å². The van der Waals surface area contributed by atoms with Gasteiger partial charge in [-0.05, 0) is 32.1 Å². The minimum atomic E-state index is -1.16. The first-order chi connectivity index (χ1) is 9.22. The van der Waals surface area contributed by atoms with Crippen LogP contribution in [0.4, 0.5) is 4.79 Å². The number of hydrogen-bond donors (Lipinski definition) is 4. The van der Waals surface area contributed by atoms with Crippen molar-refractivity contribution in [1.82, 2.24) is 10.6 Å². The molecule has 0 fully saturated rings. The van der Waals surface area contributed by atoms with Gasteiger partial charge in [0.1, 0.15) is 6.04 Å². The average molecular weight is 288 g/mol. The second-order valence-corrected chi connectivity index (χ2v) is 5.33. The molecule has 1 unspecified atom stereocenters. The van der Waals surface area contributed by atoms with Gasteiger partial charge in [-0.25, -0.2) is 9.59 Å². The van der Waals surface area contributed by atoms with Crippen LogP contribution in [0.15, 0.2) is 0 Å².